The van der Waals surface area contributed by atoms with Crippen molar-refractivity contribution in [3.05, 3.63) is 36.0 Å². The van der Waals surface area contributed by atoms with Crippen molar-refractivity contribution in [2.24, 2.45) is 0 Å². The molecule has 0 saturated carbocycles. The lowest BCUT2D eigenvalue weighted by Crippen LogP contribution is -2.45. The highest BCUT2D eigenvalue weighted by molar-refractivity contribution is 5.95. The Labute approximate surface area is 140 Å². The fourth-order valence-corrected chi connectivity index (χ4v) is 3.07. The van der Waals surface area contributed by atoms with Gasteiger partial charge in [0, 0.05) is 17.1 Å². The summed E-state index contributed by atoms with van der Waals surface area (Å²) in [5.41, 5.74) is 1.24. The summed E-state index contributed by atoms with van der Waals surface area (Å²) in [5, 5.41) is 11.3. The van der Waals surface area contributed by atoms with Crippen LogP contribution < -0.4 is 0 Å². The number of hydrogen-bond acceptors (Lipinski definition) is 4. The SMILES string of the molecule is CC(C)(C)OC(=O)N1C(=O)CC(O)C1Cc1c[nH]c2ccccc12. The molecule has 1 aromatic carbocycles. The van der Waals surface area contributed by atoms with Gasteiger partial charge in [-0.25, -0.2) is 9.69 Å². The van der Waals surface area contributed by atoms with Crippen LogP contribution in [0.1, 0.15) is 32.8 Å². The highest BCUT2D eigenvalue weighted by atomic mass is 16.6. The van der Waals surface area contributed by atoms with E-state index in [1.165, 1.54) is 0 Å². The molecule has 0 bridgehead atoms. The van der Waals surface area contributed by atoms with Crippen molar-refractivity contribution < 1.29 is 19.4 Å². The minimum Gasteiger partial charge on any atom is -0.443 e. The standard InChI is InChI=1S/C18H22N2O4/c1-18(2,3)24-17(23)20-14(15(21)9-16(20)22)8-11-10-19-13-7-5-4-6-12(11)13/h4-7,10,14-15,19,21H,8-9H2,1-3H3. The number of aliphatic hydroxyl groups is 1. The van der Waals surface area contributed by atoms with Crippen LogP contribution in [0.5, 0.6) is 0 Å². The Kier molecular flexibility index (Phi) is 4.09. The summed E-state index contributed by atoms with van der Waals surface area (Å²) in [4.78, 5) is 28.8. The third kappa shape index (κ3) is 3.14. The Morgan fingerprint density at radius 3 is 2.79 bits per heavy atom. The van der Waals surface area contributed by atoms with Gasteiger partial charge in [-0.1, -0.05) is 18.2 Å². The first-order valence-electron chi connectivity index (χ1n) is 8.04. The number of rotatable bonds is 2. The monoisotopic (exact) mass is 330 g/mol. The summed E-state index contributed by atoms with van der Waals surface area (Å²) in [6, 6.07) is 7.18. The number of imide groups is 1. The lowest BCUT2D eigenvalue weighted by Gasteiger charge is -2.28. The summed E-state index contributed by atoms with van der Waals surface area (Å²) in [6.07, 6.45) is 0.586. The molecule has 1 aliphatic heterocycles. The van der Waals surface area contributed by atoms with Gasteiger partial charge in [0.15, 0.2) is 0 Å². The van der Waals surface area contributed by atoms with Gasteiger partial charge in [-0.15, -0.1) is 0 Å². The molecule has 1 aromatic heterocycles. The predicted molar refractivity (Wildman–Crippen MR) is 89.5 cm³/mol. The summed E-state index contributed by atoms with van der Waals surface area (Å²) < 4.78 is 5.32. The fraction of sp³-hybridized carbons (Fsp3) is 0.444. The summed E-state index contributed by atoms with van der Waals surface area (Å²) in [7, 11) is 0. The zero-order valence-electron chi connectivity index (χ0n) is 14.1. The van der Waals surface area contributed by atoms with Crippen LogP contribution in [-0.4, -0.2) is 44.7 Å². The van der Waals surface area contributed by atoms with E-state index in [0.717, 1.165) is 21.4 Å². The smallest absolute Gasteiger partial charge is 0.417 e. The molecule has 2 atom stereocenters. The van der Waals surface area contributed by atoms with E-state index in [1.54, 1.807) is 20.8 Å². The molecule has 24 heavy (non-hydrogen) atoms. The van der Waals surface area contributed by atoms with E-state index in [-0.39, 0.29) is 6.42 Å². The minimum absolute atomic E-state index is 0.0632. The molecule has 0 aliphatic carbocycles. The third-order valence-corrected chi connectivity index (χ3v) is 4.12. The quantitative estimate of drug-likeness (QED) is 0.887. The number of benzene rings is 1. The molecule has 2 amide bonds. The van der Waals surface area contributed by atoms with Crippen molar-refractivity contribution in [3.63, 3.8) is 0 Å². The van der Waals surface area contributed by atoms with Crippen LogP contribution in [0.15, 0.2) is 30.5 Å². The number of ether oxygens (including phenoxy) is 1. The van der Waals surface area contributed by atoms with Gasteiger partial charge in [-0.3, -0.25) is 4.79 Å². The minimum atomic E-state index is -0.890. The average Bonchev–Trinajstić information content (AvgIpc) is 2.99. The number of nitrogens with zero attached hydrogens (tertiary/aromatic N) is 1. The molecule has 2 aromatic rings. The number of para-hydroxylation sites is 1. The number of aromatic nitrogens is 1. The number of amides is 2. The van der Waals surface area contributed by atoms with Gasteiger partial charge < -0.3 is 14.8 Å². The molecular formula is C18H22N2O4. The maximum atomic E-state index is 12.4. The molecule has 128 valence electrons. The Balaban J connectivity index is 1.86. The van der Waals surface area contributed by atoms with Gasteiger partial charge in [0.1, 0.15) is 5.60 Å². The molecule has 2 N–H and O–H groups in total. The average molecular weight is 330 g/mol. The molecule has 1 saturated heterocycles. The van der Waals surface area contributed by atoms with Crippen LogP contribution in [0.25, 0.3) is 10.9 Å². The number of nitrogens with one attached hydrogen (secondary N) is 1. The highest BCUT2D eigenvalue weighted by Crippen LogP contribution is 2.28. The van der Waals surface area contributed by atoms with Crippen LogP contribution in [0, 0.1) is 0 Å². The number of aromatic amines is 1. The van der Waals surface area contributed by atoms with Crippen LogP contribution >= 0.6 is 0 Å². The normalized spacial score (nSPS) is 21.5. The predicted octanol–water partition coefficient (Wildman–Crippen LogP) is 2.61. The zero-order valence-corrected chi connectivity index (χ0v) is 14.1. The van der Waals surface area contributed by atoms with Crippen molar-refractivity contribution in [2.75, 3.05) is 0 Å². The Bertz CT molecular complexity index is 775. The number of aliphatic hydroxyl groups excluding tert-OH is 1. The highest BCUT2D eigenvalue weighted by Gasteiger charge is 2.44. The number of H-pyrrole nitrogens is 1. The largest absolute Gasteiger partial charge is 0.443 e. The molecule has 2 heterocycles. The number of fused-ring (bicyclic) bond motifs is 1. The van der Waals surface area contributed by atoms with E-state index in [0.29, 0.717) is 6.42 Å². The Hall–Kier alpha value is -2.34. The summed E-state index contributed by atoms with van der Waals surface area (Å²) >= 11 is 0. The molecule has 0 spiro atoms. The zero-order chi connectivity index (χ0) is 17.5. The lowest BCUT2D eigenvalue weighted by atomic mass is 10.0. The number of hydrogen-bond donors (Lipinski definition) is 2. The van der Waals surface area contributed by atoms with Crippen LogP contribution in [0.2, 0.25) is 0 Å². The Morgan fingerprint density at radius 2 is 2.08 bits per heavy atom. The van der Waals surface area contributed by atoms with Gasteiger partial charge in [0.2, 0.25) is 5.91 Å². The van der Waals surface area contributed by atoms with E-state index < -0.39 is 29.7 Å². The fourth-order valence-electron chi connectivity index (χ4n) is 3.07. The van der Waals surface area contributed by atoms with Gasteiger partial charge in [0.25, 0.3) is 0 Å². The van der Waals surface area contributed by atoms with Gasteiger partial charge in [0.05, 0.1) is 18.6 Å². The third-order valence-electron chi connectivity index (χ3n) is 4.12. The molecule has 6 nitrogen and oxygen atoms in total. The molecule has 2 unspecified atom stereocenters. The van der Waals surface area contributed by atoms with Crippen molar-refractivity contribution in [1.29, 1.82) is 0 Å². The van der Waals surface area contributed by atoms with E-state index >= 15 is 0 Å². The second-order valence-corrected chi connectivity index (χ2v) is 7.15. The second kappa shape index (κ2) is 5.94. The van der Waals surface area contributed by atoms with Crippen molar-refractivity contribution >= 4 is 22.9 Å². The van der Waals surface area contributed by atoms with Crippen LogP contribution in [0.4, 0.5) is 4.79 Å². The van der Waals surface area contributed by atoms with Crippen molar-refractivity contribution in [3.8, 4) is 0 Å². The summed E-state index contributed by atoms with van der Waals surface area (Å²) in [6.45, 7) is 5.24. The number of likely N-dealkylation sites (tertiary alicyclic amines) is 1. The molecule has 0 radical (unpaired) electrons. The topological polar surface area (TPSA) is 82.6 Å². The second-order valence-electron chi connectivity index (χ2n) is 7.15. The maximum Gasteiger partial charge on any atom is 0.417 e. The van der Waals surface area contributed by atoms with Gasteiger partial charge >= 0.3 is 6.09 Å². The summed E-state index contributed by atoms with van der Waals surface area (Å²) in [5.74, 6) is -0.401. The molecule has 1 fully saturated rings. The van der Waals surface area contributed by atoms with Crippen molar-refractivity contribution in [2.45, 2.75) is 51.4 Å². The van der Waals surface area contributed by atoms with Crippen LogP contribution in [0.3, 0.4) is 0 Å². The molecule has 1 aliphatic rings. The number of carbonyl (C=O) groups is 2. The molecule has 6 heteroatoms. The first-order chi connectivity index (χ1) is 11.3. The van der Waals surface area contributed by atoms with E-state index in [4.69, 9.17) is 4.74 Å². The van der Waals surface area contributed by atoms with Gasteiger partial charge in [-0.2, -0.15) is 0 Å². The van der Waals surface area contributed by atoms with E-state index in [9.17, 15) is 14.7 Å². The molecular weight excluding hydrogens is 308 g/mol. The van der Waals surface area contributed by atoms with Gasteiger partial charge in [-0.05, 0) is 38.8 Å². The van der Waals surface area contributed by atoms with E-state index in [2.05, 4.69) is 4.98 Å². The first-order valence-corrected chi connectivity index (χ1v) is 8.04. The number of carbonyl (C=O) groups excluding carboxylic acids is 2. The first kappa shape index (κ1) is 16.5. The molecule has 3 rings (SSSR count). The van der Waals surface area contributed by atoms with Crippen molar-refractivity contribution in [1.82, 2.24) is 9.88 Å². The Morgan fingerprint density at radius 1 is 1.38 bits per heavy atom. The lowest BCUT2D eigenvalue weighted by molar-refractivity contribution is -0.128. The van der Waals surface area contributed by atoms with E-state index in [1.807, 2.05) is 30.5 Å². The van der Waals surface area contributed by atoms with Crippen LogP contribution in [-0.2, 0) is 16.0 Å². The maximum absolute atomic E-state index is 12.4.